The SMILES string of the molecule is COc1cc2c(cc1OC)C1Cc3cc4c(cc3CC(=O)N1CC2)OCO4. The maximum absolute atomic E-state index is 13.0. The third-order valence-corrected chi connectivity index (χ3v) is 5.77. The van der Waals surface area contributed by atoms with E-state index in [0.717, 1.165) is 46.8 Å². The van der Waals surface area contributed by atoms with Crippen molar-refractivity contribution >= 4 is 5.91 Å². The van der Waals surface area contributed by atoms with E-state index >= 15 is 0 Å². The van der Waals surface area contributed by atoms with Gasteiger partial charge in [0.1, 0.15) is 0 Å². The minimum absolute atomic E-state index is 0.0114. The number of carbonyl (C=O) groups is 1. The predicted molar refractivity (Wildman–Crippen MR) is 97.7 cm³/mol. The first kappa shape index (κ1) is 16.3. The molecule has 1 atom stereocenters. The van der Waals surface area contributed by atoms with Gasteiger partial charge in [-0.15, -0.1) is 0 Å². The van der Waals surface area contributed by atoms with E-state index in [1.807, 2.05) is 29.2 Å². The second-order valence-corrected chi connectivity index (χ2v) is 7.11. The molecule has 0 bridgehead atoms. The number of methoxy groups -OCH3 is 2. The molecule has 6 heteroatoms. The van der Waals surface area contributed by atoms with E-state index in [9.17, 15) is 4.79 Å². The second kappa shape index (κ2) is 6.08. The van der Waals surface area contributed by atoms with Crippen molar-refractivity contribution in [3.63, 3.8) is 0 Å². The Morgan fingerprint density at radius 2 is 1.67 bits per heavy atom. The van der Waals surface area contributed by atoms with E-state index in [2.05, 4.69) is 0 Å². The average molecular weight is 367 g/mol. The molecule has 0 N–H and O–H groups in total. The van der Waals surface area contributed by atoms with Crippen molar-refractivity contribution in [2.75, 3.05) is 27.6 Å². The molecule has 27 heavy (non-hydrogen) atoms. The zero-order chi connectivity index (χ0) is 18.5. The molecule has 0 fully saturated rings. The number of hydrogen-bond acceptors (Lipinski definition) is 5. The molecule has 3 aliphatic rings. The van der Waals surface area contributed by atoms with Gasteiger partial charge in [0.25, 0.3) is 0 Å². The molecule has 1 unspecified atom stereocenters. The van der Waals surface area contributed by atoms with Crippen LogP contribution in [0.4, 0.5) is 0 Å². The highest BCUT2D eigenvalue weighted by molar-refractivity contribution is 5.81. The van der Waals surface area contributed by atoms with Gasteiger partial charge in [-0.2, -0.15) is 0 Å². The largest absolute Gasteiger partial charge is 0.493 e. The maximum Gasteiger partial charge on any atom is 0.231 e. The lowest BCUT2D eigenvalue weighted by atomic mass is 9.88. The summed E-state index contributed by atoms with van der Waals surface area (Å²) >= 11 is 0. The molecular formula is C21H21NO5. The van der Waals surface area contributed by atoms with Crippen LogP contribution in [-0.2, 0) is 24.1 Å². The molecular weight excluding hydrogens is 346 g/mol. The van der Waals surface area contributed by atoms with Crippen LogP contribution in [0.1, 0.15) is 28.3 Å². The molecule has 1 amide bonds. The first-order valence-corrected chi connectivity index (χ1v) is 9.13. The number of rotatable bonds is 2. The van der Waals surface area contributed by atoms with E-state index in [0.29, 0.717) is 18.7 Å². The Balaban J connectivity index is 1.61. The van der Waals surface area contributed by atoms with Gasteiger partial charge in [0.2, 0.25) is 12.7 Å². The smallest absolute Gasteiger partial charge is 0.231 e. The summed E-state index contributed by atoms with van der Waals surface area (Å²) in [6.45, 7) is 0.953. The van der Waals surface area contributed by atoms with Crippen molar-refractivity contribution in [2.45, 2.75) is 25.3 Å². The molecule has 0 spiro atoms. The summed E-state index contributed by atoms with van der Waals surface area (Å²) in [7, 11) is 3.28. The average Bonchev–Trinajstić information content (AvgIpc) is 3.08. The van der Waals surface area contributed by atoms with Crippen LogP contribution < -0.4 is 18.9 Å². The van der Waals surface area contributed by atoms with Gasteiger partial charge in [-0.05, 0) is 59.4 Å². The van der Waals surface area contributed by atoms with Gasteiger partial charge >= 0.3 is 0 Å². The van der Waals surface area contributed by atoms with Crippen molar-refractivity contribution in [1.82, 2.24) is 4.90 Å². The van der Waals surface area contributed by atoms with Gasteiger partial charge in [-0.3, -0.25) is 4.79 Å². The number of ether oxygens (including phenoxy) is 4. The van der Waals surface area contributed by atoms with Crippen LogP contribution in [0.3, 0.4) is 0 Å². The van der Waals surface area contributed by atoms with Gasteiger partial charge < -0.3 is 23.8 Å². The lowest BCUT2D eigenvalue weighted by Crippen LogP contribution is -2.40. The van der Waals surface area contributed by atoms with Crippen molar-refractivity contribution in [1.29, 1.82) is 0 Å². The second-order valence-electron chi connectivity index (χ2n) is 7.11. The topological polar surface area (TPSA) is 57.2 Å². The summed E-state index contributed by atoms with van der Waals surface area (Å²) in [6, 6.07) is 8.05. The van der Waals surface area contributed by atoms with Crippen LogP contribution in [0.15, 0.2) is 24.3 Å². The summed E-state index contributed by atoms with van der Waals surface area (Å²) in [4.78, 5) is 15.0. The van der Waals surface area contributed by atoms with E-state index in [1.165, 1.54) is 5.56 Å². The van der Waals surface area contributed by atoms with Crippen molar-refractivity contribution in [3.05, 3.63) is 46.5 Å². The molecule has 0 aliphatic carbocycles. The third-order valence-electron chi connectivity index (χ3n) is 5.77. The van der Waals surface area contributed by atoms with Crippen molar-refractivity contribution in [2.24, 2.45) is 0 Å². The fourth-order valence-corrected chi connectivity index (χ4v) is 4.40. The van der Waals surface area contributed by atoms with Gasteiger partial charge in [0, 0.05) is 6.54 Å². The molecule has 5 rings (SSSR count). The van der Waals surface area contributed by atoms with E-state index in [4.69, 9.17) is 18.9 Å². The highest BCUT2D eigenvalue weighted by Gasteiger charge is 2.36. The zero-order valence-electron chi connectivity index (χ0n) is 15.4. The standard InChI is InChI=1S/C21H21NO5/c1-24-17-6-12-3-4-22-16(15(12)10-18(17)25-2)5-13-7-19-20(27-11-26-19)8-14(13)9-21(22)23/h6-8,10,16H,3-5,9,11H2,1-2H3. The molecule has 3 aliphatic heterocycles. The number of benzene rings is 2. The summed E-state index contributed by atoms with van der Waals surface area (Å²) < 4.78 is 22.0. The highest BCUT2D eigenvalue weighted by Crippen LogP contribution is 2.43. The lowest BCUT2D eigenvalue weighted by molar-refractivity contribution is -0.133. The van der Waals surface area contributed by atoms with Crippen LogP contribution in [0.5, 0.6) is 23.0 Å². The Hall–Kier alpha value is -2.89. The molecule has 0 aromatic heterocycles. The molecule has 0 saturated carbocycles. The van der Waals surface area contributed by atoms with Gasteiger partial charge in [0.05, 0.1) is 26.7 Å². The zero-order valence-corrected chi connectivity index (χ0v) is 15.4. The number of nitrogens with zero attached hydrogens (tertiary/aromatic N) is 1. The Morgan fingerprint density at radius 3 is 2.41 bits per heavy atom. The Morgan fingerprint density at radius 1 is 0.963 bits per heavy atom. The lowest BCUT2D eigenvalue weighted by Gasteiger charge is -2.36. The molecule has 0 saturated heterocycles. The fourth-order valence-electron chi connectivity index (χ4n) is 4.40. The summed E-state index contributed by atoms with van der Waals surface area (Å²) in [5.74, 6) is 3.07. The van der Waals surface area contributed by atoms with Crippen LogP contribution in [0.25, 0.3) is 0 Å². The minimum atomic E-state index is -0.0114. The predicted octanol–water partition coefficient (Wildman–Crippen LogP) is 2.66. The molecule has 3 heterocycles. The molecule has 6 nitrogen and oxygen atoms in total. The minimum Gasteiger partial charge on any atom is -0.493 e. The number of fused-ring (bicyclic) bond motifs is 5. The highest BCUT2D eigenvalue weighted by atomic mass is 16.7. The van der Waals surface area contributed by atoms with E-state index < -0.39 is 0 Å². The molecule has 2 aromatic rings. The number of amides is 1. The fraction of sp³-hybridized carbons (Fsp3) is 0.381. The maximum atomic E-state index is 13.0. The monoisotopic (exact) mass is 367 g/mol. The third kappa shape index (κ3) is 2.51. The van der Waals surface area contributed by atoms with E-state index in [-0.39, 0.29) is 18.7 Å². The molecule has 2 aromatic carbocycles. The normalized spacial score (nSPS) is 19.7. The van der Waals surface area contributed by atoms with Gasteiger partial charge in [-0.1, -0.05) is 0 Å². The first-order chi connectivity index (χ1) is 13.2. The summed E-state index contributed by atoms with van der Waals surface area (Å²) in [5, 5.41) is 0. The van der Waals surface area contributed by atoms with Gasteiger partial charge in [0.15, 0.2) is 23.0 Å². The van der Waals surface area contributed by atoms with Crippen molar-refractivity contribution < 1.29 is 23.7 Å². The van der Waals surface area contributed by atoms with Crippen molar-refractivity contribution in [3.8, 4) is 23.0 Å². The summed E-state index contributed by atoms with van der Waals surface area (Å²) in [5.41, 5.74) is 4.52. The summed E-state index contributed by atoms with van der Waals surface area (Å²) in [6.07, 6.45) is 1.96. The molecule has 140 valence electrons. The number of hydrogen-bond donors (Lipinski definition) is 0. The Labute approximate surface area is 157 Å². The van der Waals surface area contributed by atoms with Gasteiger partial charge in [-0.25, -0.2) is 0 Å². The molecule has 0 radical (unpaired) electrons. The van der Waals surface area contributed by atoms with Crippen LogP contribution >= 0.6 is 0 Å². The van der Waals surface area contributed by atoms with E-state index in [1.54, 1.807) is 14.2 Å². The quantitative estimate of drug-likeness (QED) is 0.817. The Kier molecular flexibility index (Phi) is 3.67. The Bertz CT molecular complexity index is 939. The first-order valence-electron chi connectivity index (χ1n) is 9.13. The van der Waals surface area contributed by atoms with Crippen LogP contribution in [0.2, 0.25) is 0 Å². The number of carbonyl (C=O) groups excluding carboxylic acids is 1. The van der Waals surface area contributed by atoms with Crippen LogP contribution in [0, 0.1) is 0 Å². The van der Waals surface area contributed by atoms with Crippen LogP contribution in [-0.4, -0.2) is 38.4 Å².